The highest BCUT2D eigenvalue weighted by molar-refractivity contribution is 5.53. The van der Waals surface area contributed by atoms with Crippen LogP contribution in [-0.2, 0) is 13.1 Å². The van der Waals surface area contributed by atoms with E-state index < -0.39 is 0 Å². The Labute approximate surface area is 165 Å². The lowest BCUT2D eigenvalue weighted by atomic mass is 10.2. The van der Waals surface area contributed by atoms with Gasteiger partial charge in [0.25, 0.3) is 0 Å². The van der Waals surface area contributed by atoms with Crippen LogP contribution < -0.4 is 20.9 Å². The third-order valence-corrected chi connectivity index (χ3v) is 5.10. The largest absolute Gasteiger partial charge is 0.368 e. The van der Waals surface area contributed by atoms with Gasteiger partial charge in [0.05, 0.1) is 0 Å². The molecule has 4 rings (SSSR count). The predicted molar refractivity (Wildman–Crippen MR) is 109 cm³/mol. The third-order valence-electron chi connectivity index (χ3n) is 5.10. The van der Waals surface area contributed by atoms with E-state index in [1.807, 2.05) is 30.3 Å². The zero-order chi connectivity index (χ0) is 19.2. The summed E-state index contributed by atoms with van der Waals surface area (Å²) in [7, 11) is 0. The van der Waals surface area contributed by atoms with Crippen LogP contribution in [0.2, 0.25) is 0 Å². The Kier molecular flexibility index (Phi) is 5.75. The minimum absolute atomic E-state index is 0.260. The van der Waals surface area contributed by atoms with E-state index in [1.54, 1.807) is 4.90 Å². The summed E-state index contributed by atoms with van der Waals surface area (Å²) in [5.41, 5.74) is 8.25. The minimum Gasteiger partial charge on any atom is -0.368 e. The monoisotopic (exact) mass is 377 g/mol. The third kappa shape index (κ3) is 5.03. The van der Waals surface area contributed by atoms with Crippen molar-refractivity contribution in [1.29, 1.82) is 0 Å². The van der Waals surface area contributed by atoms with Gasteiger partial charge in [-0.1, -0.05) is 48.5 Å². The Morgan fingerprint density at radius 2 is 1.36 bits per heavy atom. The van der Waals surface area contributed by atoms with Gasteiger partial charge in [-0.05, 0) is 12.1 Å². The molecule has 1 fully saturated rings. The molecule has 0 bridgehead atoms. The number of nitrogens with two attached hydrogens (primary N) is 1. The van der Waals surface area contributed by atoms with Crippen LogP contribution in [0.25, 0.3) is 0 Å². The van der Waals surface area contributed by atoms with Crippen molar-refractivity contribution >= 4 is 17.6 Å². The second-order valence-electron chi connectivity index (χ2n) is 7.26. The number of anilines is 3. The number of nitrogens with zero attached hydrogens (tertiary/aromatic N) is 3. The van der Waals surface area contributed by atoms with Gasteiger partial charge in [-0.25, -0.2) is 0 Å². The molecule has 1 aliphatic rings. The molecule has 5 N–H and O–H groups in total. The Bertz CT molecular complexity index is 878. The standard InChI is InChI=1S/C21H25N7/c22-20-24-19(25-21(26-20)23-18-9-5-2-6-10-18)16-28-13-11-27(12-14-28)15-17-7-3-1-4-8-17/h1-10H,11-16H2,(H3,22,23,24,25,26)/p+2. The van der Waals surface area contributed by atoms with Crippen LogP contribution in [0, 0.1) is 0 Å². The van der Waals surface area contributed by atoms with Crippen LogP contribution in [-0.4, -0.2) is 41.1 Å². The molecule has 7 heteroatoms. The molecular weight excluding hydrogens is 350 g/mol. The molecule has 0 radical (unpaired) electrons. The summed E-state index contributed by atoms with van der Waals surface area (Å²) in [5.74, 6) is 1.50. The molecule has 1 saturated heterocycles. The van der Waals surface area contributed by atoms with Gasteiger partial charge in [0.15, 0.2) is 5.82 Å². The summed E-state index contributed by atoms with van der Waals surface area (Å²) < 4.78 is 0. The topological polar surface area (TPSA) is 85.6 Å². The predicted octanol–water partition coefficient (Wildman–Crippen LogP) is -0.319. The highest BCUT2D eigenvalue weighted by Crippen LogP contribution is 2.12. The summed E-state index contributed by atoms with van der Waals surface area (Å²) in [5, 5.41) is 3.20. The second-order valence-corrected chi connectivity index (χ2v) is 7.26. The number of para-hydroxylation sites is 1. The van der Waals surface area contributed by atoms with Crippen molar-refractivity contribution in [1.82, 2.24) is 15.0 Å². The maximum Gasteiger partial charge on any atom is 0.232 e. The van der Waals surface area contributed by atoms with Crippen LogP contribution in [0.15, 0.2) is 60.7 Å². The van der Waals surface area contributed by atoms with E-state index in [0.717, 1.165) is 50.8 Å². The van der Waals surface area contributed by atoms with Crippen LogP contribution in [0.5, 0.6) is 0 Å². The number of quaternary nitrogens is 2. The van der Waals surface area contributed by atoms with Crippen molar-refractivity contribution in [2.24, 2.45) is 0 Å². The first kappa shape index (κ1) is 18.3. The van der Waals surface area contributed by atoms with E-state index >= 15 is 0 Å². The van der Waals surface area contributed by atoms with Gasteiger partial charge in [0.2, 0.25) is 11.9 Å². The molecule has 0 saturated carbocycles. The smallest absolute Gasteiger partial charge is 0.232 e. The molecular formula is C21H27N7+2. The first-order valence-corrected chi connectivity index (χ1v) is 9.78. The molecule has 2 heterocycles. The maximum absolute atomic E-state index is 5.91. The van der Waals surface area contributed by atoms with Crippen molar-refractivity contribution in [2.45, 2.75) is 13.1 Å². The van der Waals surface area contributed by atoms with Gasteiger partial charge >= 0.3 is 0 Å². The van der Waals surface area contributed by atoms with E-state index in [2.05, 4.69) is 50.6 Å². The molecule has 28 heavy (non-hydrogen) atoms. The average molecular weight is 377 g/mol. The zero-order valence-electron chi connectivity index (χ0n) is 15.9. The lowest BCUT2D eigenvalue weighted by Crippen LogP contribution is -3.27. The molecule has 144 valence electrons. The van der Waals surface area contributed by atoms with E-state index in [1.165, 1.54) is 10.5 Å². The quantitative estimate of drug-likeness (QED) is 0.473. The van der Waals surface area contributed by atoms with Crippen LogP contribution in [0.1, 0.15) is 11.4 Å². The second kappa shape index (κ2) is 8.77. The number of nitrogen functional groups attached to an aromatic ring is 1. The van der Waals surface area contributed by atoms with Gasteiger partial charge in [0.1, 0.15) is 39.3 Å². The van der Waals surface area contributed by atoms with Crippen molar-refractivity contribution in [3.8, 4) is 0 Å². The molecule has 0 unspecified atom stereocenters. The Hall–Kier alpha value is -3.03. The number of rotatable bonds is 6. The van der Waals surface area contributed by atoms with Crippen LogP contribution in [0.4, 0.5) is 17.6 Å². The summed E-state index contributed by atoms with van der Waals surface area (Å²) in [6, 6.07) is 20.6. The lowest BCUT2D eigenvalue weighted by Gasteiger charge is -2.29. The highest BCUT2D eigenvalue weighted by Gasteiger charge is 2.24. The summed E-state index contributed by atoms with van der Waals surface area (Å²) in [6.07, 6.45) is 0. The fraction of sp³-hybridized carbons (Fsp3) is 0.286. The molecule has 0 atom stereocenters. The zero-order valence-corrected chi connectivity index (χ0v) is 15.9. The Balaban J connectivity index is 1.33. The Morgan fingerprint density at radius 1 is 0.750 bits per heavy atom. The Morgan fingerprint density at radius 3 is 2.04 bits per heavy atom. The van der Waals surface area contributed by atoms with Crippen molar-refractivity contribution in [3.05, 3.63) is 72.1 Å². The van der Waals surface area contributed by atoms with Gasteiger partial charge in [-0.2, -0.15) is 15.0 Å². The molecule has 0 aliphatic carbocycles. The summed E-state index contributed by atoms with van der Waals surface area (Å²) >= 11 is 0. The summed E-state index contributed by atoms with van der Waals surface area (Å²) in [4.78, 5) is 16.3. The normalized spacial score (nSPS) is 19.3. The lowest BCUT2D eigenvalue weighted by molar-refractivity contribution is -1.02. The van der Waals surface area contributed by atoms with E-state index in [0.29, 0.717) is 5.95 Å². The molecule has 3 aromatic rings. The van der Waals surface area contributed by atoms with Gasteiger partial charge in [0, 0.05) is 11.3 Å². The number of aromatic nitrogens is 3. The molecule has 1 aliphatic heterocycles. The van der Waals surface area contributed by atoms with E-state index in [-0.39, 0.29) is 5.95 Å². The number of hydrogen-bond donors (Lipinski definition) is 4. The molecule has 0 spiro atoms. The van der Waals surface area contributed by atoms with Gasteiger partial charge < -0.3 is 20.9 Å². The first-order valence-electron chi connectivity index (χ1n) is 9.78. The number of hydrogen-bond acceptors (Lipinski definition) is 5. The minimum atomic E-state index is 0.260. The number of benzene rings is 2. The average Bonchev–Trinajstić information content (AvgIpc) is 2.71. The van der Waals surface area contributed by atoms with Crippen molar-refractivity contribution in [2.75, 3.05) is 37.2 Å². The van der Waals surface area contributed by atoms with E-state index in [9.17, 15) is 0 Å². The molecule has 0 amide bonds. The van der Waals surface area contributed by atoms with Crippen molar-refractivity contribution < 1.29 is 9.80 Å². The maximum atomic E-state index is 5.91. The van der Waals surface area contributed by atoms with Gasteiger partial charge in [-0.15, -0.1) is 0 Å². The fourth-order valence-corrected chi connectivity index (χ4v) is 3.64. The number of nitrogens with one attached hydrogen (secondary N) is 3. The molecule has 7 nitrogen and oxygen atoms in total. The molecule has 1 aromatic heterocycles. The highest BCUT2D eigenvalue weighted by atomic mass is 15.3. The SMILES string of the molecule is Nc1nc(C[NH+]2CC[NH+](Cc3ccccc3)CC2)nc(Nc2ccccc2)n1. The molecule has 2 aromatic carbocycles. The van der Waals surface area contributed by atoms with Crippen LogP contribution in [0.3, 0.4) is 0 Å². The first-order chi connectivity index (χ1) is 13.7. The van der Waals surface area contributed by atoms with Crippen molar-refractivity contribution in [3.63, 3.8) is 0 Å². The van der Waals surface area contributed by atoms with Gasteiger partial charge in [-0.3, -0.25) is 0 Å². The number of piperazine rings is 1. The fourth-order valence-electron chi connectivity index (χ4n) is 3.64. The summed E-state index contributed by atoms with van der Waals surface area (Å²) in [6.45, 7) is 6.39. The van der Waals surface area contributed by atoms with Crippen LogP contribution >= 0.6 is 0 Å². The van der Waals surface area contributed by atoms with E-state index in [4.69, 9.17) is 5.73 Å².